The summed E-state index contributed by atoms with van der Waals surface area (Å²) in [4.78, 5) is 73.2. The highest BCUT2D eigenvalue weighted by molar-refractivity contribution is 5.90. The molecule has 3 unspecified atom stereocenters. The van der Waals surface area contributed by atoms with Crippen molar-refractivity contribution < 1.29 is 33.4 Å². The average molecular weight is 759 g/mol. The number of ether oxygens (including phenoxy) is 2. The Bertz CT molecular complexity index is 1350. The lowest BCUT2D eigenvalue weighted by Crippen LogP contribution is -2.59. The van der Waals surface area contributed by atoms with Crippen LogP contribution in [0.15, 0.2) is 30.3 Å². The molecule has 1 fully saturated rings. The molecule has 1 aliphatic heterocycles. The maximum absolute atomic E-state index is 14.3. The van der Waals surface area contributed by atoms with Crippen molar-refractivity contribution in [3.63, 3.8) is 0 Å². The van der Waals surface area contributed by atoms with Crippen LogP contribution in [0.4, 0.5) is 0 Å². The quantitative estimate of drug-likeness (QED) is 0.162. The predicted molar refractivity (Wildman–Crippen MR) is 211 cm³/mol. The summed E-state index contributed by atoms with van der Waals surface area (Å²) in [6, 6.07) is 6.41. The van der Waals surface area contributed by atoms with E-state index in [1.807, 2.05) is 77.0 Å². The number of hydrogen-bond donors (Lipinski definition) is 3. The number of likely N-dealkylation sites (N-methyl/N-ethyl adjacent to an activating group) is 2. The van der Waals surface area contributed by atoms with Crippen LogP contribution in [0.1, 0.15) is 86.1 Å². The molecule has 0 aromatic heterocycles. The van der Waals surface area contributed by atoms with E-state index in [1.165, 1.54) is 7.11 Å². The second-order valence-electron chi connectivity index (χ2n) is 16.0. The normalized spacial score (nSPS) is 19.1. The fourth-order valence-electron chi connectivity index (χ4n) is 8.17. The van der Waals surface area contributed by atoms with Crippen molar-refractivity contribution in [1.29, 1.82) is 0 Å². The Morgan fingerprint density at radius 3 is 2.04 bits per heavy atom. The van der Waals surface area contributed by atoms with Gasteiger partial charge in [-0.05, 0) is 56.7 Å². The van der Waals surface area contributed by atoms with Gasteiger partial charge in [-0.25, -0.2) is 0 Å². The standard InChI is InChI=1S/C41H70N6O7/c1-13-18-27(6)36(46(10)41(52)34(25(2)3)44-40(51)35(26(4)5)45(8)9)32(53-11)24-33(48)47-22-17-21-31(47)37(54-12)28(7)39(50)43-30(38(42)49)23-29-19-15-14-16-20-29/h14-16,19-20,25-28,30-32,34-37H,13,17-18,21-24H2,1-12H3,(H2,42,49)(H,43,50)(H,44,51)/t27?,28-,30+,31+,32-,34+,35?,36?,37-/m1/s1. The van der Waals surface area contributed by atoms with Crippen molar-refractivity contribution in [1.82, 2.24) is 25.3 Å². The number of carbonyl (C=O) groups excluding carboxylic acids is 5. The summed E-state index contributed by atoms with van der Waals surface area (Å²) in [6.45, 7) is 14.2. The Morgan fingerprint density at radius 2 is 1.54 bits per heavy atom. The molecular formula is C41H70N6O7. The van der Waals surface area contributed by atoms with Gasteiger partial charge in [-0.15, -0.1) is 0 Å². The van der Waals surface area contributed by atoms with Crippen LogP contribution in [0.2, 0.25) is 0 Å². The highest BCUT2D eigenvalue weighted by Crippen LogP contribution is 2.30. The van der Waals surface area contributed by atoms with Crippen LogP contribution in [0, 0.1) is 23.7 Å². The molecule has 13 nitrogen and oxygen atoms in total. The van der Waals surface area contributed by atoms with Crippen molar-refractivity contribution in [2.24, 2.45) is 29.4 Å². The van der Waals surface area contributed by atoms with E-state index in [1.54, 1.807) is 30.9 Å². The van der Waals surface area contributed by atoms with Gasteiger partial charge in [0.25, 0.3) is 0 Å². The third-order valence-corrected chi connectivity index (χ3v) is 11.0. The number of primary amides is 1. The van der Waals surface area contributed by atoms with Crippen molar-refractivity contribution >= 4 is 29.5 Å². The van der Waals surface area contributed by atoms with E-state index in [-0.39, 0.29) is 60.3 Å². The summed E-state index contributed by atoms with van der Waals surface area (Å²) >= 11 is 0. The minimum Gasteiger partial charge on any atom is -0.379 e. The van der Waals surface area contributed by atoms with Gasteiger partial charge < -0.3 is 35.6 Å². The van der Waals surface area contributed by atoms with Gasteiger partial charge in [-0.2, -0.15) is 0 Å². The highest BCUT2D eigenvalue weighted by atomic mass is 16.5. The Kier molecular flexibility index (Phi) is 19.1. The molecule has 1 saturated heterocycles. The van der Waals surface area contributed by atoms with E-state index < -0.39 is 48.2 Å². The number of carbonyl (C=O) groups is 5. The number of nitrogens with zero attached hydrogens (tertiary/aromatic N) is 3. The van der Waals surface area contributed by atoms with Gasteiger partial charge in [0.15, 0.2) is 0 Å². The van der Waals surface area contributed by atoms with Crippen molar-refractivity contribution in [2.75, 3.05) is 41.9 Å². The lowest BCUT2D eigenvalue weighted by atomic mass is 9.88. The van der Waals surface area contributed by atoms with Gasteiger partial charge in [0.1, 0.15) is 12.1 Å². The maximum Gasteiger partial charge on any atom is 0.245 e. The lowest BCUT2D eigenvalue weighted by molar-refractivity contribution is -0.148. The van der Waals surface area contributed by atoms with E-state index in [9.17, 15) is 24.0 Å². The molecule has 13 heteroatoms. The van der Waals surface area contributed by atoms with E-state index in [0.29, 0.717) is 13.0 Å². The van der Waals surface area contributed by atoms with Crippen molar-refractivity contribution in [3.05, 3.63) is 35.9 Å². The number of hydrogen-bond acceptors (Lipinski definition) is 8. The summed E-state index contributed by atoms with van der Waals surface area (Å²) in [5, 5.41) is 5.86. The van der Waals surface area contributed by atoms with Crippen LogP contribution >= 0.6 is 0 Å². The number of nitrogens with one attached hydrogen (secondary N) is 2. The summed E-state index contributed by atoms with van der Waals surface area (Å²) < 4.78 is 12.0. The van der Waals surface area contributed by atoms with Crippen LogP contribution in [-0.4, -0.2) is 129 Å². The molecule has 1 aromatic carbocycles. The first-order chi connectivity index (χ1) is 25.4. The largest absolute Gasteiger partial charge is 0.379 e. The first kappa shape index (κ1) is 46.6. The van der Waals surface area contributed by atoms with Crippen LogP contribution in [0.5, 0.6) is 0 Å². The van der Waals surface area contributed by atoms with Gasteiger partial charge in [-0.3, -0.25) is 28.9 Å². The molecule has 0 aliphatic carbocycles. The van der Waals surface area contributed by atoms with Gasteiger partial charge in [0.2, 0.25) is 29.5 Å². The zero-order chi connectivity index (χ0) is 40.9. The minimum absolute atomic E-state index is 0.00986. The predicted octanol–water partition coefficient (Wildman–Crippen LogP) is 3.24. The molecule has 2 rings (SSSR count). The van der Waals surface area contributed by atoms with Crippen LogP contribution in [-0.2, 0) is 39.9 Å². The fraction of sp³-hybridized carbons (Fsp3) is 0.732. The molecule has 0 radical (unpaired) electrons. The number of likely N-dealkylation sites (tertiary alicyclic amines) is 1. The second-order valence-corrected chi connectivity index (χ2v) is 16.0. The smallest absolute Gasteiger partial charge is 0.245 e. The van der Waals surface area contributed by atoms with Gasteiger partial charge in [0.05, 0.1) is 42.7 Å². The first-order valence-electron chi connectivity index (χ1n) is 19.6. The Labute approximate surface area is 324 Å². The molecule has 1 aromatic rings. The Morgan fingerprint density at radius 1 is 0.907 bits per heavy atom. The number of methoxy groups -OCH3 is 2. The molecule has 1 heterocycles. The zero-order valence-electron chi connectivity index (χ0n) is 35.0. The van der Waals surface area contributed by atoms with Crippen LogP contribution in [0.25, 0.3) is 0 Å². The fourth-order valence-corrected chi connectivity index (χ4v) is 8.17. The molecule has 9 atom stereocenters. The highest BCUT2D eigenvalue weighted by Gasteiger charge is 2.43. The molecular weight excluding hydrogens is 688 g/mol. The number of nitrogens with two attached hydrogens (primary N) is 1. The van der Waals surface area contributed by atoms with Gasteiger partial charge in [-0.1, -0.05) is 85.2 Å². The monoisotopic (exact) mass is 759 g/mol. The minimum atomic E-state index is -0.904. The Balaban J connectivity index is 2.30. The Hall–Kier alpha value is -3.55. The molecule has 5 amide bonds. The van der Waals surface area contributed by atoms with E-state index in [0.717, 1.165) is 24.8 Å². The SMILES string of the molecule is CCCC(C)C([C@@H](CC(=O)N1CCC[C@H]1[C@H](OC)[C@@H](C)C(=O)N[C@@H](Cc1ccccc1)C(N)=O)OC)N(C)C(=O)[C@@H](NC(=O)C(C(C)C)N(C)C)C(C)C. The number of rotatable bonds is 22. The summed E-state index contributed by atoms with van der Waals surface area (Å²) in [5.41, 5.74) is 6.55. The second kappa shape index (κ2) is 22.1. The van der Waals surface area contributed by atoms with Gasteiger partial charge in [0, 0.05) is 34.2 Å². The molecule has 0 saturated carbocycles. The summed E-state index contributed by atoms with van der Waals surface area (Å²) in [6.07, 6.45) is 2.02. The molecule has 54 heavy (non-hydrogen) atoms. The van der Waals surface area contributed by atoms with Crippen LogP contribution < -0.4 is 16.4 Å². The van der Waals surface area contributed by atoms with E-state index >= 15 is 0 Å². The molecule has 306 valence electrons. The van der Waals surface area contributed by atoms with Crippen molar-refractivity contribution in [3.8, 4) is 0 Å². The summed E-state index contributed by atoms with van der Waals surface area (Å²) in [5.74, 6) is -2.48. The van der Waals surface area contributed by atoms with E-state index in [2.05, 4.69) is 24.5 Å². The lowest BCUT2D eigenvalue weighted by Gasteiger charge is -2.41. The third-order valence-electron chi connectivity index (χ3n) is 11.0. The number of amides is 5. The van der Waals surface area contributed by atoms with Crippen molar-refractivity contribution in [2.45, 2.75) is 129 Å². The topological polar surface area (TPSA) is 164 Å². The van der Waals surface area contributed by atoms with Crippen LogP contribution in [0.3, 0.4) is 0 Å². The zero-order valence-corrected chi connectivity index (χ0v) is 35.0. The first-order valence-corrected chi connectivity index (χ1v) is 19.6. The van der Waals surface area contributed by atoms with Gasteiger partial charge >= 0.3 is 0 Å². The average Bonchev–Trinajstić information content (AvgIpc) is 3.59. The van der Waals surface area contributed by atoms with E-state index in [4.69, 9.17) is 15.2 Å². The summed E-state index contributed by atoms with van der Waals surface area (Å²) in [7, 11) is 8.53. The third kappa shape index (κ3) is 12.5. The molecule has 0 spiro atoms. The molecule has 1 aliphatic rings. The maximum atomic E-state index is 14.3. The molecule has 4 N–H and O–H groups in total. The number of benzene rings is 1. The molecule has 0 bridgehead atoms.